The third-order valence-corrected chi connectivity index (χ3v) is 13.9. The molecule has 0 saturated heterocycles. The number of rotatable bonds is 1. The Balaban J connectivity index is 1.35. The third-order valence-electron chi connectivity index (χ3n) is 12.8. The average Bonchev–Trinajstić information content (AvgIpc) is 3.64. The van der Waals surface area contributed by atoms with Gasteiger partial charge in [-0.05, 0) is 116 Å². The molecular weight excluding hydrogens is 695 g/mol. The topological polar surface area (TPSA) is 9.86 Å². The van der Waals surface area contributed by atoms with Crippen LogP contribution in [0.5, 0.6) is 0 Å². The van der Waals surface area contributed by atoms with Gasteiger partial charge >= 0.3 is 0 Å². The molecule has 0 amide bonds. The van der Waals surface area contributed by atoms with E-state index in [9.17, 15) is 0 Å². The lowest BCUT2D eigenvalue weighted by molar-refractivity contribution is 0.590. The Labute approximate surface area is 337 Å². The molecule has 2 nitrogen and oxygen atoms in total. The molecule has 0 unspecified atom stereocenters. The van der Waals surface area contributed by atoms with Gasteiger partial charge in [-0.2, -0.15) is 0 Å². The van der Waals surface area contributed by atoms with Crippen molar-refractivity contribution in [2.75, 3.05) is 0 Å². The summed E-state index contributed by atoms with van der Waals surface area (Å²) < 4.78 is 5.19. The second-order valence-electron chi connectivity index (χ2n) is 20.8. The summed E-state index contributed by atoms with van der Waals surface area (Å²) in [4.78, 5) is 2.70. The van der Waals surface area contributed by atoms with E-state index in [-0.39, 0.29) is 28.4 Å². The van der Waals surface area contributed by atoms with Crippen LogP contribution >= 0.6 is 11.8 Å². The highest BCUT2D eigenvalue weighted by molar-refractivity contribution is 8.00. The van der Waals surface area contributed by atoms with E-state index in [1.165, 1.54) is 103 Å². The molecule has 2 aliphatic rings. The minimum Gasteiger partial charge on any atom is -0.310 e. The Morgan fingerprint density at radius 3 is 1.45 bits per heavy atom. The smallest absolute Gasteiger partial charge is 0.249 e. The average molecular weight is 749 g/mol. The van der Waals surface area contributed by atoms with E-state index in [1.54, 1.807) is 0 Å². The summed E-state index contributed by atoms with van der Waals surface area (Å²) in [5.74, 6) is 0. The van der Waals surface area contributed by atoms with E-state index >= 15 is 0 Å². The van der Waals surface area contributed by atoms with Crippen LogP contribution in [-0.4, -0.2) is 15.8 Å². The van der Waals surface area contributed by atoms with E-state index in [4.69, 9.17) is 0 Å². The summed E-state index contributed by atoms with van der Waals surface area (Å²) in [5.41, 5.74) is 17.6. The molecule has 8 aromatic rings. The molecule has 56 heavy (non-hydrogen) atoms. The zero-order chi connectivity index (χ0) is 39.4. The minimum atomic E-state index is 0.00684. The van der Waals surface area contributed by atoms with Gasteiger partial charge in [-0.25, -0.2) is 0 Å². The lowest BCUT2D eigenvalue weighted by Crippen LogP contribution is -2.59. The standard InChI is InChI=1S/C52H53BN2S/c1-49(2,3)30-17-20-41-35(23-30)36-24-31(50(4,5)6)18-21-42(36)54(41)34-28-44-47-46(29-34)56-45-16-14-13-15-39(45)53(47)40-27-33(52(10,11)12)26-38-37-25-32(51(7,8)9)19-22-43(37)55(44)48(38)40/h13-29H,1-12H3. The number of hydrogen-bond acceptors (Lipinski definition) is 1. The fraction of sp³-hybridized carbons (Fsp3) is 0.308. The summed E-state index contributed by atoms with van der Waals surface area (Å²) in [6, 6.07) is 40.9. The number of benzene rings is 6. The maximum Gasteiger partial charge on any atom is 0.249 e. The van der Waals surface area contributed by atoms with Gasteiger partial charge in [0.1, 0.15) is 0 Å². The molecule has 2 aliphatic heterocycles. The largest absolute Gasteiger partial charge is 0.310 e. The summed E-state index contributed by atoms with van der Waals surface area (Å²) in [6.45, 7) is 28.2. The Bertz CT molecular complexity index is 2910. The SMILES string of the molecule is CC(C)(C)c1ccc2c(c1)c1cc(C(C)(C)C)ccc1n2-c1cc2c3c(c1)-n1c4ccc(C(C)(C)C)cc4c4cc(C(C)(C)C)cc(c41)B3c1ccccc1S2. The molecule has 0 atom stereocenters. The monoisotopic (exact) mass is 748 g/mol. The van der Waals surface area contributed by atoms with Gasteiger partial charge in [0.2, 0.25) is 6.71 Å². The van der Waals surface area contributed by atoms with Gasteiger partial charge < -0.3 is 9.13 Å². The van der Waals surface area contributed by atoms with Crippen molar-refractivity contribution in [3.8, 4) is 11.4 Å². The van der Waals surface area contributed by atoms with E-state index in [0.717, 1.165) is 0 Å². The molecule has 0 fully saturated rings. The highest BCUT2D eigenvalue weighted by Gasteiger charge is 2.41. The first kappa shape index (κ1) is 35.7. The van der Waals surface area contributed by atoms with Crippen molar-refractivity contribution < 1.29 is 0 Å². The number of hydrogen-bond donors (Lipinski definition) is 0. The number of fused-ring (bicyclic) bond motifs is 10. The first-order chi connectivity index (χ1) is 26.3. The molecule has 10 rings (SSSR count). The Morgan fingerprint density at radius 2 is 0.911 bits per heavy atom. The molecule has 0 radical (unpaired) electrons. The first-order valence-electron chi connectivity index (χ1n) is 20.5. The molecule has 6 aromatic carbocycles. The Hall–Kier alpha value is -4.67. The van der Waals surface area contributed by atoms with Gasteiger partial charge in [0.05, 0.1) is 16.6 Å². The summed E-state index contributed by atoms with van der Waals surface area (Å²) >= 11 is 1.94. The second kappa shape index (κ2) is 11.5. The van der Waals surface area contributed by atoms with Crippen molar-refractivity contribution in [2.24, 2.45) is 0 Å². The van der Waals surface area contributed by atoms with Crippen LogP contribution in [0.25, 0.3) is 55.0 Å². The molecule has 0 spiro atoms. The van der Waals surface area contributed by atoms with Crippen LogP contribution in [0.3, 0.4) is 0 Å². The van der Waals surface area contributed by atoms with Crippen molar-refractivity contribution >= 4 is 78.5 Å². The fourth-order valence-electron chi connectivity index (χ4n) is 9.48. The fourth-order valence-corrected chi connectivity index (χ4v) is 10.7. The molecule has 280 valence electrons. The van der Waals surface area contributed by atoms with Crippen molar-refractivity contribution in [2.45, 2.75) is 115 Å². The zero-order valence-corrected chi connectivity index (χ0v) is 36.0. The molecule has 2 aromatic heterocycles. The maximum absolute atomic E-state index is 2.63. The summed E-state index contributed by atoms with van der Waals surface area (Å²) in [5, 5.41) is 5.36. The second-order valence-corrected chi connectivity index (χ2v) is 21.9. The third kappa shape index (κ3) is 5.17. The highest BCUT2D eigenvalue weighted by Crippen LogP contribution is 2.44. The summed E-state index contributed by atoms with van der Waals surface area (Å²) in [6.07, 6.45) is 0. The molecule has 4 heteroatoms. The first-order valence-corrected chi connectivity index (χ1v) is 21.3. The normalized spacial score (nSPS) is 14.3. The quantitative estimate of drug-likeness (QED) is 0.152. The minimum absolute atomic E-state index is 0.00684. The van der Waals surface area contributed by atoms with Crippen molar-refractivity contribution in [1.29, 1.82) is 0 Å². The van der Waals surface area contributed by atoms with Gasteiger partial charge in [-0.3, -0.25) is 0 Å². The molecule has 4 heterocycles. The molecule has 0 bridgehead atoms. The van der Waals surface area contributed by atoms with Crippen LogP contribution in [0, 0.1) is 0 Å². The van der Waals surface area contributed by atoms with Gasteiger partial charge in [0, 0.05) is 48.2 Å². The van der Waals surface area contributed by atoms with Crippen molar-refractivity contribution in [3.63, 3.8) is 0 Å². The van der Waals surface area contributed by atoms with Crippen LogP contribution in [0.15, 0.2) is 113 Å². The van der Waals surface area contributed by atoms with Gasteiger partial charge in [0.25, 0.3) is 0 Å². The predicted octanol–water partition coefficient (Wildman–Crippen LogP) is 12.4. The van der Waals surface area contributed by atoms with Gasteiger partial charge in [0.15, 0.2) is 0 Å². The van der Waals surface area contributed by atoms with Crippen LogP contribution in [0.1, 0.15) is 105 Å². The highest BCUT2D eigenvalue weighted by atomic mass is 32.2. The van der Waals surface area contributed by atoms with Crippen LogP contribution in [0.2, 0.25) is 0 Å². The molecular formula is C52H53BN2S. The van der Waals surface area contributed by atoms with E-state index in [1.807, 2.05) is 11.8 Å². The predicted molar refractivity (Wildman–Crippen MR) is 245 cm³/mol. The lowest BCUT2D eigenvalue weighted by Gasteiger charge is -2.34. The lowest BCUT2D eigenvalue weighted by atomic mass is 9.35. The summed E-state index contributed by atoms with van der Waals surface area (Å²) in [7, 11) is 0. The number of nitrogens with zero attached hydrogens (tertiary/aromatic N) is 2. The Morgan fingerprint density at radius 1 is 0.429 bits per heavy atom. The van der Waals surface area contributed by atoms with Gasteiger partial charge in [-0.1, -0.05) is 143 Å². The van der Waals surface area contributed by atoms with E-state index < -0.39 is 0 Å². The van der Waals surface area contributed by atoms with Crippen molar-refractivity contribution in [3.05, 3.63) is 125 Å². The maximum atomic E-state index is 2.63. The van der Waals surface area contributed by atoms with Crippen molar-refractivity contribution in [1.82, 2.24) is 9.13 Å². The van der Waals surface area contributed by atoms with Crippen LogP contribution in [-0.2, 0) is 21.7 Å². The van der Waals surface area contributed by atoms with Gasteiger partial charge in [-0.15, -0.1) is 0 Å². The Kier molecular flexibility index (Phi) is 7.32. The van der Waals surface area contributed by atoms with E-state index in [2.05, 4.69) is 195 Å². The number of aromatic nitrogens is 2. The molecule has 0 saturated carbocycles. The van der Waals surface area contributed by atoms with E-state index in [0.29, 0.717) is 0 Å². The van der Waals surface area contributed by atoms with Crippen LogP contribution < -0.4 is 16.4 Å². The zero-order valence-electron chi connectivity index (χ0n) is 35.2. The molecule has 0 aliphatic carbocycles. The molecule has 0 N–H and O–H groups in total. The van der Waals surface area contributed by atoms with Crippen LogP contribution in [0.4, 0.5) is 0 Å².